The molecule has 0 N–H and O–H groups in total. The summed E-state index contributed by atoms with van der Waals surface area (Å²) in [7, 11) is -7.30. The molecule has 1 saturated heterocycles. The molecule has 0 radical (unpaired) electrons. The van der Waals surface area contributed by atoms with E-state index in [0.29, 0.717) is 6.42 Å². The van der Waals surface area contributed by atoms with Crippen LogP contribution in [-0.4, -0.2) is 57.9 Å². The van der Waals surface area contributed by atoms with Gasteiger partial charge in [0.15, 0.2) is 0 Å². The summed E-state index contributed by atoms with van der Waals surface area (Å²) >= 11 is 0. The topological polar surface area (TPSA) is 74.8 Å². The van der Waals surface area contributed by atoms with Crippen molar-refractivity contribution in [3.8, 4) is 0 Å². The van der Waals surface area contributed by atoms with Gasteiger partial charge in [-0.25, -0.2) is 25.5 Å². The second-order valence-electron chi connectivity index (χ2n) is 4.85. The van der Waals surface area contributed by atoms with Crippen LogP contribution in [0.15, 0.2) is 29.2 Å². The molecule has 2 rings (SSSR count). The molecule has 1 heterocycles. The van der Waals surface area contributed by atoms with Gasteiger partial charge in [0.2, 0.25) is 20.0 Å². The van der Waals surface area contributed by atoms with Crippen molar-refractivity contribution >= 4 is 20.0 Å². The van der Waals surface area contributed by atoms with Crippen molar-refractivity contribution in [2.24, 2.45) is 0 Å². The molecule has 0 atom stereocenters. The van der Waals surface area contributed by atoms with Gasteiger partial charge in [-0.1, -0.05) is 12.1 Å². The van der Waals surface area contributed by atoms with Crippen molar-refractivity contribution in [2.45, 2.75) is 11.3 Å². The lowest BCUT2D eigenvalue weighted by atomic mass is 10.3. The summed E-state index contributed by atoms with van der Waals surface area (Å²) < 4.78 is 64.0. The fraction of sp³-hybridized carbons (Fsp3) is 0.500. The van der Waals surface area contributed by atoms with Crippen LogP contribution in [0.25, 0.3) is 0 Å². The first-order valence-electron chi connectivity index (χ1n) is 6.43. The third-order valence-corrected chi connectivity index (χ3v) is 6.57. The second kappa shape index (κ2) is 5.99. The molecule has 0 unspecified atom stereocenters. The minimum absolute atomic E-state index is 0.0176. The van der Waals surface area contributed by atoms with Crippen LogP contribution in [0, 0.1) is 5.82 Å². The SMILES string of the molecule is CS(=O)(=O)N1CCCN(S(=O)(=O)c2ccccc2F)CC1. The maximum Gasteiger partial charge on any atom is 0.246 e. The van der Waals surface area contributed by atoms with E-state index in [1.807, 2.05) is 0 Å². The van der Waals surface area contributed by atoms with Crippen molar-refractivity contribution in [3.63, 3.8) is 0 Å². The minimum atomic E-state index is -3.95. The maximum atomic E-state index is 13.7. The zero-order chi connectivity index (χ0) is 15.7. The predicted molar refractivity (Wildman–Crippen MR) is 76.2 cm³/mol. The Morgan fingerprint density at radius 3 is 2.14 bits per heavy atom. The van der Waals surface area contributed by atoms with Gasteiger partial charge in [-0.15, -0.1) is 0 Å². The Labute approximate surface area is 124 Å². The molecule has 0 aromatic heterocycles. The van der Waals surface area contributed by atoms with Crippen LogP contribution in [0.4, 0.5) is 4.39 Å². The van der Waals surface area contributed by atoms with Gasteiger partial charge in [-0.2, -0.15) is 4.31 Å². The molecule has 0 bridgehead atoms. The Morgan fingerprint density at radius 1 is 0.952 bits per heavy atom. The van der Waals surface area contributed by atoms with Crippen LogP contribution >= 0.6 is 0 Å². The summed E-state index contributed by atoms with van der Waals surface area (Å²) in [6, 6.07) is 5.18. The van der Waals surface area contributed by atoms with E-state index >= 15 is 0 Å². The Morgan fingerprint density at radius 2 is 1.52 bits per heavy atom. The molecule has 1 aromatic carbocycles. The van der Waals surface area contributed by atoms with E-state index in [2.05, 4.69) is 0 Å². The van der Waals surface area contributed by atoms with Crippen LogP contribution in [0.3, 0.4) is 0 Å². The van der Waals surface area contributed by atoms with Crippen molar-refractivity contribution in [2.75, 3.05) is 32.4 Å². The quantitative estimate of drug-likeness (QED) is 0.805. The van der Waals surface area contributed by atoms with Crippen LogP contribution in [0.2, 0.25) is 0 Å². The third kappa shape index (κ3) is 3.60. The third-order valence-electron chi connectivity index (χ3n) is 3.34. The molecule has 0 aliphatic carbocycles. The van der Waals surface area contributed by atoms with E-state index in [9.17, 15) is 21.2 Å². The van der Waals surface area contributed by atoms with Crippen molar-refractivity contribution in [1.29, 1.82) is 0 Å². The molecule has 0 saturated carbocycles. The molecule has 118 valence electrons. The molecule has 9 heteroatoms. The zero-order valence-electron chi connectivity index (χ0n) is 11.6. The van der Waals surface area contributed by atoms with Crippen LogP contribution < -0.4 is 0 Å². The van der Waals surface area contributed by atoms with E-state index in [1.165, 1.54) is 22.5 Å². The van der Waals surface area contributed by atoms with Gasteiger partial charge in [0, 0.05) is 26.2 Å². The van der Waals surface area contributed by atoms with Crippen LogP contribution in [0.1, 0.15) is 6.42 Å². The lowest BCUT2D eigenvalue weighted by molar-refractivity contribution is 0.404. The predicted octanol–water partition coefficient (Wildman–Crippen LogP) is 0.482. The van der Waals surface area contributed by atoms with E-state index < -0.39 is 25.9 Å². The highest BCUT2D eigenvalue weighted by atomic mass is 32.2. The molecule has 0 spiro atoms. The first-order valence-corrected chi connectivity index (χ1v) is 9.71. The smallest absolute Gasteiger partial charge is 0.213 e. The van der Waals surface area contributed by atoms with Crippen LogP contribution in [-0.2, 0) is 20.0 Å². The minimum Gasteiger partial charge on any atom is -0.213 e. The highest BCUT2D eigenvalue weighted by Gasteiger charge is 2.30. The standard InChI is InChI=1S/C12H17FN2O4S2/c1-20(16,17)14-7-4-8-15(10-9-14)21(18,19)12-6-3-2-5-11(12)13/h2-3,5-6H,4,7-10H2,1H3. The second-order valence-corrected chi connectivity index (χ2v) is 8.74. The number of halogens is 1. The molecule has 0 amide bonds. The highest BCUT2D eigenvalue weighted by Crippen LogP contribution is 2.20. The monoisotopic (exact) mass is 336 g/mol. The molecule has 1 aliphatic rings. The maximum absolute atomic E-state index is 13.7. The molecule has 6 nitrogen and oxygen atoms in total. The van der Waals surface area contributed by atoms with E-state index in [-0.39, 0.29) is 31.1 Å². The average molecular weight is 336 g/mol. The van der Waals surface area contributed by atoms with Crippen molar-refractivity contribution in [3.05, 3.63) is 30.1 Å². The number of nitrogens with zero attached hydrogens (tertiary/aromatic N) is 2. The first-order chi connectivity index (χ1) is 9.73. The van der Waals surface area contributed by atoms with E-state index in [1.54, 1.807) is 0 Å². The van der Waals surface area contributed by atoms with Gasteiger partial charge in [-0.3, -0.25) is 0 Å². The summed E-state index contributed by atoms with van der Waals surface area (Å²) in [5.41, 5.74) is 0. The van der Waals surface area contributed by atoms with E-state index in [4.69, 9.17) is 0 Å². The lowest BCUT2D eigenvalue weighted by Crippen LogP contribution is -2.37. The van der Waals surface area contributed by atoms with E-state index in [0.717, 1.165) is 16.6 Å². The fourth-order valence-electron chi connectivity index (χ4n) is 2.24. The number of sulfonamides is 2. The summed E-state index contributed by atoms with van der Waals surface area (Å²) in [6.45, 7) is 0.529. The Kier molecular flexibility index (Phi) is 4.66. The summed E-state index contributed by atoms with van der Waals surface area (Å²) in [5.74, 6) is -0.804. The fourth-order valence-corrected chi connectivity index (χ4v) is 4.64. The summed E-state index contributed by atoms with van der Waals surface area (Å²) in [4.78, 5) is -0.377. The van der Waals surface area contributed by atoms with Gasteiger partial charge in [0.25, 0.3) is 0 Å². The van der Waals surface area contributed by atoms with Gasteiger partial charge in [0.05, 0.1) is 6.26 Å². The molecule has 1 aromatic rings. The van der Waals surface area contributed by atoms with Gasteiger partial charge in [0.1, 0.15) is 10.7 Å². The Hall–Kier alpha value is -1.03. The van der Waals surface area contributed by atoms with Crippen molar-refractivity contribution < 1.29 is 21.2 Å². The van der Waals surface area contributed by atoms with Crippen molar-refractivity contribution in [1.82, 2.24) is 8.61 Å². The summed E-state index contributed by atoms with van der Waals surface area (Å²) in [5, 5.41) is 0. The van der Waals surface area contributed by atoms with Gasteiger partial charge in [-0.05, 0) is 18.6 Å². The molecule has 1 aliphatic heterocycles. The normalized spacial score (nSPS) is 19.3. The van der Waals surface area contributed by atoms with Crippen LogP contribution in [0.5, 0.6) is 0 Å². The lowest BCUT2D eigenvalue weighted by Gasteiger charge is -2.20. The largest absolute Gasteiger partial charge is 0.246 e. The number of benzene rings is 1. The molecular formula is C12H17FN2O4S2. The Balaban J connectivity index is 2.25. The van der Waals surface area contributed by atoms with Gasteiger partial charge >= 0.3 is 0 Å². The molecule has 21 heavy (non-hydrogen) atoms. The summed E-state index contributed by atoms with van der Waals surface area (Å²) in [6.07, 6.45) is 1.47. The number of hydrogen-bond acceptors (Lipinski definition) is 4. The Bertz CT molecular complexity index is 719. The first kappa shape index (κ1) is 16.3. The number of rotatable bonds is 3. The number of hydrogen-bond donors (Lipinski definition) is 0. The van der Waals surface area contributed by atoms with Gasteiger partial charge < -0.3 is 0 Å². The molecular weight excluding hydrogens is 319 g/mol. The average Bonchev–Trinajstić information content (AvgIpc) is 2.64. The highest BCUT2D eigenvalue weighted by molar-refractivity contribution is 7.89. The molecule has 1 fully saturated rings. The zero-order valence-corrected chi connectivity index (χ0v) is 13.2.